The van der Waals surface area contributed by atoms with Gasteiger partial charge in [0.15, 0.2) is 17.4 Å². The monoisotopic (exact) mass is 472 g/mol. The molecule has 0 amide bonds. The number of ether oxygens (including phenoxy) is 2. The number of aryl methyl sites for hydroxylation is 1. The van der Waals surface area contributed by atoms with Crippen molar-refractivity contribution < 1.29 is 13.9 Å². The molecule has 6 rings (SSSR count). The Labute approximate surface area is 199 Å². The van der Waals surface area contributed by atoms with Gasteiger partial charge in [-0.05, 0) is 24.3 Å². The fourth-order valence-electron chi connectivity index (χ4n) is 3.96. The highest BCUT2D eigenvalue weighted by atomic mass is 19.1. The summed E-state index contributed by atoms with van der Waals surface area (Å²) in [5.74, 6) is 1.14. The largest absolute Gasteiger partial charge is 0.454 e. The molecule has 2 aromatic carbocycles. The fraction of sp³-hybridized carbons (Fsp3) is 0.208. The van der Waals surface area contributed by atoms with Gasteiger partial charge in [-0.15, -0.1) is 0 Å². The van der Waals surface area contributed by atoms with Gasteiger partial charge in [-0.2, -0.15) is 0 Å². The van der Waals surface area contributed by atoms with Gasteiger partial charge < -0.3 is 24.3 Å². The van der Waals surface area contributed by atoms with Crippen molar-refractivity contribution in [1.82, 2.24) is 29.5 Å². The van der Waals surface area contributed by atoms with Gasteiger partial charge >= 0.3 is 0 Å². The number of rotatable bonds is 5. The van der Waals surface area contributed by atoms with Crippen LogP contribution in [-0.2, 0) is 11.8 Å². The van der Waals surface area contributed by atoms with E-state index in [0.717, 1.165) is 11.0 Å². The molecule has 176 valence electrons. The van der Waals surface area contributed by atoms with E-state index in [2.05, 4.69) is 30.2 Å². The summed E-state index contributed by atoms with van der Waals surface area (Å²) in [6, 6.07) is 10.1. The highest BCUT2D eigenvalue weighted by Gasteiger charge is 2.16. The number of benzene rings is 2. The second-order valence-corrected chi connectivity index (χ2v) is 8.10. The van der Waals surface area contributed by atoms with Crippen molar-refractivity contribution in [1.29, 1.82) is 0 Å². The number of hydrogen-bond donors (Lipinski definition) is 1. The van der Waals surface area contributed by atoms with E-state index >= 15 is 0 Å². The maximum absolute atomic E-state index is 14.9. The van der Waals surface area contributed by atoms with Gasteiger partial charge in [0.05, 0.1) is 36.8 Å². The lowest BCUT2D eigenvalue weighted by molar-refractivity contribution is 0.122. The summed E-state index contributed by atoms with van der Waals surface area (Å²) in [5, 5.41) is 3.14. The standard InChI is InChI=1S/C24H21FN8O2/c1-32-14-29-18-11-16(3-4-20(18)32)35-21-5-2-15(10-17(21)25)30-23-22-19(27-13-28-23)12-26-24(31-22)33-6-8-34-9-7-33/h2-5,10-14H,6-9H2,1H3,(H,27,28,30). The first-order valence-corrected chi connectivity index (χ1v) is 11.1. The summed E-state index contributed by atoms with van der Waals surface area (Å²) >= 11 is 0. The number of nitrogens with one attached hydrogen (secondary N) is 1. The molecule has 1 N–H and O–H groups in total. The molecule has 0 bridgehead atoms. The van der Waals surface area contributed by atoms with Crippen LogP contribution >= 0.6 is 0 Å². The molecule has 11 heteroatoms. The van der Waals surface area contributed by atoms with Crippen LogP contribution < -0.4 is 15.0 Å². The molecule has 10 nitrogen and oxygen atoms in total. The zero-order chi connectivity index (χ0) is 23.8. The molecule has 1 fully saturated rings. The second-order valence-electron chi connectivity index (χ2n) is 8.10. The molecule has 0 unspecified atom stereocenters. The third kappa shape index (κ3) is 4.17. The summed E-state index contributed by atoms with van der Waals surface area (Å²) in [4.78, 5) is 24.0. The number of halogens is 1. The number of nitrogens with zero attached hydrogens (tertiary/aromatic N) is 7. The third-order valence-corrected chi connectivity index (χ3v) is 5.78. The van der Waals surface area contributed by atoms with Crippen molar-refractivity contribution in [3.05, 3.63) is 61.1 Å². The van der Waals surface area contributed by atoms with Crippen molar-refractivity contribution in [3.8, 4) is 11.5 Å². The summed E-state index contributed by atoms with van der Waals surface area (Å²) in [5.41, 5.74) is 3.38. The lowest BCUT2D eigenvalue weighted by Gasteiger charge is -2.26. The number of aromatic nitrogens is 6. The summed E-state index contributed by atoms with van der Waals surface area (Å²) in [6.45, 7) is 2.67. The molecule has 1 saturated heterocycles. The Morgan fingerprint density at radius 1 is 1.00 bits per heavy atom. The maximum Gasteiger partial charge on any atom is 0.226 e. The van der Waals surface area contributed by atoms with Crippen molar-refractivity contribution in [2.45, 2.75) is 0 Å². The minimum Gasteiger partial charge on any atom is -0.454 e. The zero-order valence-corrected chi connectivity index (χ0v) is 18.8. The minimum absolute atomic E-state index is 0.107. The molecule has 0 radical (unpaired) electrons. The van der Waals surface area contributed by atoms with Gasteiger partial charge in [0.25, 0.3) is 0 Å². The molecular weight excluding hydrogens is 451 g/mol. The molecule has 1 aliphatic heterocycles. The van der Waals surface area contributed by atoms with Crippen molar-refractivity contribution >= 4 is 39.5 Å². The lowest BCUT2D eigenvalue weighted by Crippen LogP contribution is -2.37. The van der Waals surface area contributed by atoms with Gasteiger partial charge in [0.1, 0.15) is 23.1 Å². The molecule has 5 aromatic rings. The van der Waals surface area contributed by atoms with Crippen LogP contribution in [0.15, 0.2) is 55.2 Å². The van der Waals surface area contributed by atoms with E-state index in [1.54, 1.807) is 36.8 Å². The fourth-order valence-corrected chi connectivity index (χ4v) is 3.96. The Balaban J connectivity index is 1.25. The Bertz CT molecular complexity index is 1530. The normalized spacial score (nSPS) is 13.9. The minimum atomic E-state index is -0.516. The number of imidazole rings is 1. The first kappa shape index (κ1) is 21.2. The SMILES string of the molecule is Cn1cnc2cc(Oc3ccc(Nc4ncnc5cnc(N6CCOCC6)nc45)cc3F)ccc21. The smallest absolute Gasteiger partial charge is 0.226 e. The van der Waals surface area contributed by atoms with Crippen LogP contribution in [0.25, 0.3) is 22.1 Å². The van der Waals surface area contributed by atoms with E-state index in [0.29, 0.717) is 60.5 Å². The van der Waals surface area contributed by atoms with Crippen LogP contribution in [0.1, 0.15) is 0 Å². The van der Waals surface area contributed by atoms with E-state index in [-0.39, 0.29) is 5.75 Å². The summed E-state index contributed by atoms with van der Waals surface area (Å²) in [7, 11) is 1.91. The van der Waals surface area contributed by atoms with E-state index in [1.165, 1.54) is 12.4 Å². The maximum atomic E-state index is 14.9. The molecule has 0 atom stereocenters. The number of fused-ring (bicyclic) bond motifs is 2. The predicted octanol–water partition coefficient (Wildman–Crippen LogP) is 3.82. The van der Waals surface area contributed by atoms with Gasteiger partial charge in [0, 0.05) is 38.0 Å². The van der Waals surface area contributed by atoms with Crippen LogP contribution in [0.4, 0.5) is 21.8 Å². The van der Waals surface area contributed by atoms with E-state index in [4.69, 9.17) is 9.47 Å². The third-order valence-electron chi connectivity index (χ3n) is 5.78. The van der Waals surface area contributed by atoms with Crippen molar-refractivity contribution in [3.63, 3.8) is 0 Å². The lowest BCUT2D eigenvalue weighted by atomic mass is 10.2. The Morgan fingerprint density at radius 3 is 2.74 bits per heavy atom. The molecule has 0 saturated carbocycles. The first-order valence-electron chi connectivity index (χ1n) is 11.1. The number of anilines is 3. The van der Waals surface area contributed by atoms with E-state index in [1.807, 2.05) is 22.6 Å². The van der Waals surface area contributed by atoms with Gasteiger partial charge in [-0.3, -0.25) is 0 Å². The Hall–Kier alpha value is -4.38. The molecule has 3 aromatic heterocycles. The van der Waals surface area contributed by atoms with Crippen LogP contribution in [0, 0.1) is 5.82 Å². The number of morpholine rings is 1. The predicted molar refractivity (Wildman–Crippen MR) is 129 cm³/mol. The molecule has 4 heterocycles. The molecule has 1 aliphatic rings. The first-order chi connectivity index (χ1) is 17.1. The quantitative estimate of drug-likeness (QED) is 0.409. The summed E-state index contributed by atoms with van der Waals surface area (Å²) < 4.78 is 28.0. The van der Waals surface area contributed by atoms with Crippen LogP contribution in [0.3, 0.4) is 0 Å². The van der Waals surface area contributed by atoms with E-state index in [9.17, 15) is 4.39 Å². The zero-order valence-electron chi connectivity index (χ0n) is 18.8. The van der Waals surface area contributed by atoms with Crippen LogP contribution in [0.2, 0.25) is 0 Å². The van der Waals surface area contributed by atoms with Gasteiger partial charge in [-0.25, -0.2) is 29.3 Å². The molecular formula is C24H21FN8O2. The molecule has 0 spiro atoms. The molecule has 0 aliphatic carbocycles. The summed E-state index contributed by atoms with van der Waals surface area (Å²) in [6.07, 6.45) is 4.81. The highest BCUT2D eigenvalue weighted by Crippen LogP contribution is 2.30. The number of hydrogen-bond acceptors (Lipinski definition) is 9. The Morgan fingerprint density at radius 2 is 1.89 bits per heavy atom. The second kappa shape index (κ2) is 8.76. The van der Waals surface area contributed by atoms with Gasteiger partial charge in [0.2, 0.25) is 5.95 Å². The highest BCUT2D eigenvalue weighted by molar-refractivity contribution is 5.87. The van der Waals surface area contributed by atoms with Crippen molar-refractivity contribution in [2.75, 3.05) is 36.5 Å². The van der Waals surface area contributed by atoms with Crippen LogP contribution in [-0.4, -0.2) is 55.8 Å². The topological polar surface area (TPSA) is 103 Å². The van der Waals surface area contributed by atoms with Crippen molar-refractivity contribution in [2.24, 2.45) is 7.05 Å². The van der Waals surface area contributed by atoms with E-state index < -0.39 is 5.82 Å². The Kier molecular flexibility index (Phi) is 5.30. The molecule has 35 heavy (non-hydrogen) atoms. The average molecular weight is 472 g/mol. The van der Waals surface area contributed by atoms with Gasteiger partial charge in [-0.1, -0.05) is 0 Å². The van der Waals surface area contributed by atoms with Crippen LogP contribution in [0.5, 0.6) is 11.5 Å². The average Bonchev–Trinajstić information content (AvgIpc) is 3.26.